The van der Waals surface area contributed by atoms with Gasteiger partial charge in [0.1, 0.15) is 5.84 Å². The second-order valence-corrected chi connectivity index (χ2v) is 6.67. The number of para-hydroxylation sites is 1. The summed E-state index contributed by atoms with van der Waals surface area (Å²) in [6.45, 7) is 3.62. The smallest absolute Gasteiger partial charge is 0.232 e. The van der Waals surface area contributed by atoms with Gasteiger partial charge in [-0.05, 0) is 25.0 Å². The van der Waals surface area contributed by atoms with Gasteiger partial charge in [0.15, 0.2) is 0 Å². The van der Waals surface area contributed by atoms with Crippen LogP contribution in [-0.2, 0) is 10.0 Å². The fraction of sp³-hybridized carbons (Fsp3) is 0.500. The number of nitrogens with zero attached hydrogens (tertiary/aromatic N) is 1. The summed E-state index contributed by atoms with van der Waals surface area (Å²) in [4.78, 5) is 4.42. The largest absolute Gasteiger partial charge is 0.370 e. The Morgan fingerprint density at radius 3 is 2.85 bits per heavy atom. The van der Waals surface area contributed by atoms with E-state index >= 15 is 0 Å². The average molecular weight is 295 g/mol. The van der Waals surface area contributed by atoms with Crippen molar-refractivity contribution in [1.29, 1.82) is 0 Å². The lowest BCUT2D eigenvalue weighted by atomic mass is 10.1. The predicted molar refractivity (Wildman–Crippen MR) is 82.8 cm³/mol. The van der Waals surface area contributed by atoms with E-state index in [-0.39, 0.29) is 5.75 Å². The molecule has 110 valence electrons. The Morgan fingerprint density at radius 1 is 1.35 bits per heavy atom. The van der Waals surface area contributed by atoms with Crippen LogP contribution in [0.1, 0.15) is 31.7 Å². The van der Waals surface area contributed by atoms with E-state index in [2.05, 4.69) is 15.0 Å². The molecule has 0 unspecified atom stereocenters. The molecule has 5 nitrogen and oxygen atoms in total. The third-order valence-corrected chi connectivity index (χ3v) is 4.47. The second-order valence-electron chi connectivity index (χ2n) is 4.83. The minimum Gasteiger partial charge on any atom is -0.370 e. The molecule has 1 aromatic rings. The number of sulfonamides is 1. The van der Waals surface area contributed by atoms with Gasteiger partial charge in [0.05, 0.1) is 11.4 Å². The number of unbranched alkanes of at least 4 members (excludes halogenated alkanes) is 1. The lowest BCUT2D eigenvalue weighted by Gasteiger charge is -2.18. The third-order valence-electron chi connectivity index (χ3n) is 3.11. The van der Waals surface area contributed by atoms with Crippen molar-refractivity contribution >= 4 is 21.5 Å². The Hall–Kier alpha value is -1.56. The molecule has 0 aromatic heterocycles. The van der Waals surface area contributed by atoms with Crippen molar-refractivity contribution < 1.29 is 8.42 Å². The number of benzene rings is 1. The van der Waals surface area contributed by atoms with Crippen LogP contribution in [-0.4, -0.2) is 33.1 Å². The molecule has 0 saturated heterocycles. The van der Waals surface area contributed by atoms with E-state index in [9.17, 15) is 8.42 Å². The van der Waals surface area contributed by atoms with Crippen LogP contribution >= 0.6 is 0 Å². The van der Waals surface area contributed by atoms with Gasteiger partial charge in [-0.1, -0.05) is 25.5 Å². The average Bonchev–Trinajstić information content (AvgIpc) is 2.46. The van der Waals surface area contributed by atoms with Crippen molar-refractivity contribution in [1.82, 2.24) is 5.32 Å². The molecule has 0 radical (unpaired) electrons. The van der Waals surface area contributed by atoms with Crippen LogP contribution in [0, 0.1) is 0 Å². The molecule has 0 aliphatic carbocycles. The van der Waals surface area contributed by atoms with Crippen molar-refractivity contribution in [3.8, 4) is 0 Å². The summed E-state index contributed by atoms with van der Waals surface area (Å²) in [5, 5.41) is 3.22. The number of anilines is 1. The number of rotatable bonds is 6. The standard InChI is InChI=1S/C14H21N3O2S/c1-2-3-11-20(18,19)17-13-8-5-4-7-12(13)14-15-9-6-10-16-14/h4-5,7-8,17H,2-3,6,9-11H2,1H3,(H,15,16). The molecular weight excluding hydrogens is 274 g/mol. The summed E-state index contributed by atoms with van der Waals surface area (Å²) in [5.41, 5.74) is 1.41. The normalized spacial score (nSPS) is 15.3. The first-order chi connectivity index (χ1) is 9.62. The Kier molecular flexibility index (Phi) is 5.00. The van der Waals surface area contributed by atoms with E-state index in [0.29, 0.717) is 12.1 Å². The molecule has 20 heavy (non-hydrogen) atoms. The molecule has 1 aliphatic rings. The zero-order chi connectivity index (χ0) is 14.4. The number of hydrogen-bond acceptors (Lipinski definition) is 4. The van der Waals surface area contributed by atoms with Crippen LogP contribution in [0.3, 0.4) is 0 Å². The molecule has 1 aromatic carbocycles. The number of hydrogen-bond donors (Lipinski definition) is 2. The first kappa shape index (κ1) is 14.8. The number of nitrogens with one attached hydrogen (secondary N) is 2. The lowest BCUT2D eigenvalue weighted by molar-refractivity contribution is 0.598. The van der Waals surface area contributed by atoms with Crippen LogP contribution in [0.25, 0.3) is 0 Å². The first-order valence-corrected chi connectivity index (χ1v) is 8.66. The fourth-order valence-electron chi connectivity index (χ4n) is 2.04. The first-order valence-electron chi connectivity index (χ1n) is 7.00. The van der Waals surface area contributed by atoms with Crippen molar-refractivity contribution in [3.05, 3.63) is 29.8 Å². The highest BCUT2D eigenvalue weighted by Gasteiger charge is 2.15. The van der Waals surface area contributed by atoms with Gasteiger partial charge in [0, 0.05) is 18.7 Å². The van der Waals surface area contributed by atoms with Crippen LogP contribution in [0.5, 0.6) is 0 Å². The molecule has 0 atom stereocenters. The SMILES string of the molecule is CCCCS(=O)(=O)Nc1ccccc1C1=NCCCN1. The molecule has 0 spiro atoms. The molecule has 1 heterocycles. The molecule has 2 rings (SSSR count). The molecule has 0 amide bonds. The zero-order valence-corrected chi connectivity index (χ0v) is 12.5. The predicted octanol–water partition coefficient (Wildman–Crippen LogP) is 1.97. The number of aliphatic imine (C=N–C) groups is 1. The summed E-state index contributed by atoms with van der Waals surface area (Å²) in [7, 11) is -3.29. The van der Waals surface area contributed by atoms with Crippen molar-refractivity contribution in [2.75, 3.05) is 23.6 Å². The van der Waals surface area contributed by atoms with E-state index < -0.39 is 10.0 Å². The van der Waals surface area contributed by atoms with Gasteiger partial charge in [-0.15, -0.1) is 0 Å². The van der Waals surface area contributed by atoms with Gasteiger partial charge in [-0.25, -0.2) is 8.42 Å². The Balaban J connectivity index is 2.22. The van der Waals surface area contributed by atoms with Gasteiger partial charge in [-0.3, -0.25) is 9.71 Å². The molecule has 2 N–H and O–H groups in total. The van der Waals surface area contributed by atoms with Gasteiger partial charge in [-0.2, -0.15) is 0 Å². The monoisotopic (exact) mass is 295 g/mol. The zero-order valence-electron chi connectivity index (χ0n) is 11.7. The Bertz CT molecular complexity index is 582. The second kappa shape index (κ2) is 6.74. The number of amidine groups is 1. The van der Waals surface area contributed by atoms with E-state index in [4.69, 9.17) is 0 Å². The molecular formula is C14H21N3O2S. The maximum Gasteiger partial charge on any atom is 0.232 e. The molecule has 1 aliphatic heterocycles. The summed E-state index contributed by atoms with van der Waals surface area (Å²) < 4.78 is 26.7. The molecule has 6 heteroatoms. The van der Waals surface area contributed by atoms with Crippen molar-refractivity contribution in [2.45, 2.75) is 26.2 Å². The van der Waals surface area contributed by atoms with E-state index in [0.717, 1.165) is 37.3 Å². The topological polar surface area (TPSA) is 70.6 Å². The van der Waals surface area contributed by atoms with Crippen molar-refractivity contribution in [2.24, 2.45) is 4.99 Å². The maximum atomic E-state index is 12.0. The molecule has 0 saturated carbocycles. The minimum atomic E-state index is -3.29. The van der Waals surface area contributed by atoms with Gasteiger partial charge in [0.25, 0.3) is 0 Å². The Labute approximate surface area is 120 Å². The van der Waals surface area contributed by atoms with Crippen LogP contribution in [0.2, 0.25) is 0 Å². The van der Waals surface area contributed by atoms with Crippen LogP contribution in [0.15, 0.2) is 29.3 Å². The Morgan fingerprint density at radius 2 is 2.15 bits per heavy atom. The highest BCUT2D eigenvalue weighted by atomic mass is 32.2. The highest BCUT2D eigenvalue weighted by molar-refractivity contribution is 7.92. The van der Waals surface area contributed by atoms with Crippen molar-refractivity contribution in [3.63, 3.8) is 0 Å². The van der Waals surface area contributed by atoms with Gasteiger partial charge in [0.2, 0.25) is 10.0 Å². The van der Waals surface area contributed by atoms with Gasteiger partial charge >= 0.3 is 0 Å². The fourth-order valence-corrected chi connectivity index (χ4v) is 3.33. The van der Waals surface area contributed by atoms with E-state index in [1.807, 2.05) is 25.1 Å². The molecule has 0 bridgehead atoms. The summed E-state index contributed by atoms with van der Waals surface area (Å²) in [6, 6.07) is 7.37. The van der Waals surface area contributed by atoms with Gasteiger partial charge < -0.3 is 5.32 Å². The van der Waals surface area contributed by atoms with Crippen LogP contribution in [0.4, 0.5) is 5.69 Å². The third kappa shape index (κ3) is 3.96. The molecule has 0 fully saturated rings. The highest BCUT2D eigenvalue weighted by Crippen LogP contribution is 2.18. The lowest BCUT2D eigenvalue weighted by Crippen LogP contribution is -2.31. The van der Waals surface area contributed by atoms with Crippen LogP contribution < -0.4 is 10.0 Å². The summed E-state index contributed by atoms with van der Waals surface area (Å²) in [6.07, 6.45) is 2.53. The summed E-state index contributed by atoms with van der Waals surface area (Å²) >= 11 is 0. The van der Waals surface area contributed by atoms with E-state index in [1.54, 1.807) is 6.07 Å². The van der Waals surface area contributed by atoms with E-state index in [1.165, 1.54) is 0 Å². The quantitative estimate of drug-likeness (QED) is 0.843. The summed E-state index contributed by atoms with van der Waals surface area (Å²) in [5.74, 6) is 0.919. The maximum absolute atomic E-state index is 12.0. The minimum absolute atomic E-state index is 0.151.